The number of nitrogens with one attached hydrogen (secondary N) is 1. The number of amides is 1. The quantitative estimate of drug-likeness (QED) is 0.659. The standard InChI is InChI=1S/C17H11ClN2O3S/c18-11-2-4-12(5-3-11)20-16(21)13(19-17(20)24)7-10-1-6-14-15(8-10)23-9-22-14/h1-8H,9H2,(H,19,24). The Kier molecular flexibility index (Phi) is 3.63. The summed E-state index contributed by atoms with van der Waals surface area (Å²) in [6.45, 7) is 0.209. The maximum atomic E-state index is 12.7. The lowest BCUT2D eigenvalue weighted by Gasteiger charge is -2.13. The van der Waals surface area contributed by atoms with Crippen LogP contribution in [0.25, 0.3) is 6.08 Å². The Bertz CT molecular complexity index is 880. The number of carbonyl (C=O) groups excluding carboxylic acids is 1. The number of hydrogen-bond acceptors (Lipinski definition) is 4. The summed E-state index contributed by atoms with van der Waals surface area (Å²) in [6, 6.07) is 12.4. The van der Waals surface area contributed by atoms with Crippen LogP contribution in [0.2, 0.25) is 5.02 Å². The largest absolute Gasteiger partial charge is 0.454 e. The average molecular weight is 359 g/mol. The number of anilines is 1. The van der Waals surface area contributed by atoms with E-state index in [-0.39, 0.29) is 12.7 Å². The Labute approximate surface area is 148 Å². The molecular weight excluding hydrogens is 348 g/mol. The van der Waals surface area contributed by atoms with Gasteiger partial charge in [-0.1, -0.05) is 17.7 Å². The highest BCUT2D eigenvalue weighted by Gasteiger charge is 2.32. The van der Waals surface area contributed by atoms with Gasteiger partial charge >= 0.3 is 0 Å². The van der Waals surface area contributed by atoms with Gasteiger partial charge in [-0.25, -0.2) is 0 Å². The fourth-order valence-electron chi connectivity index (χ4n) is 2.53. The first kappa shape index (κ1) is 15.0. The Morgan fingerprint density at radius 1 is 1.12 bits per heavy atom. The second-order valence-electron chi connectivity index (χ2n) is 5.22. The maximum Gasteiger partial charge on any atom is 0.281 e. The van der Waals surface area contributed by atoms with Crippen molar-refractivity contribution in [1.29, 1.82) is 0 Å². The van der Waals surface area contributed by atoms with Crippen LogP contribution in [0.15, 0.2) is 48.2 Å². The van der Waals surface area contributed by atoms with Gasteiger partial charge in [0.05, 0.1) is 5.69 Å². The fraction of sp³-hybridized carbons (Fsp3) is 0.0588. The summed E-state index contributed by atoms with van der Waals surface area (Å²) in [4.78, 5) is 14.1. The van der Waals surface area contributed by atoms with Crippen LogP contribution < -0.4 is 19.7 Å². The molecule has 1 amide bonds. The van der Waals surface area contributed by atoms with Crippen molar-refractivity contribution in [2.75, 3.05) is 11.7 Å². The van der Waals surface area contributed by atoms with Crippen molar-refractivity contribution in [2.24, 2.45) is 0 Å². The third-order valence-electron chi connectivity index (χ3n) is 3.67. The molecule has 1 fully saturated rings. The summed E-state index contributed by atoms with van der Waals surface area (Å²) in [6.07, 6.45) is 1.73. The van der Waals surface area contributed by atoms with Crippen LogP contribution in [0.4, 0.5) is 5.69 Å². The predicted octanol–water partition coefficient (Wildman–Crippen LogP) is 3.33. The van der Waals surface area contributed by atoms with Gasteiger partial charge in [-0.15, -0.1) is 0 Å². The van der Waals surface area contributed by atoms with E-state index in [9.17, 15) is 4.79 Å². The predicted molar refractivity (Wildman–Crippen MR) is 95.2 cm³/mol. The molecule has 24 heavy (non-hydrogen) atoms. The van der Waals surface area contributed by atoms with Gasteiger partial charge < -0.3 is 14.8 Å². The van der Waals surface area contributed by atoms with E-state index in [0.29, 0.717) is 33.0 Å². The van der Waals surface area contributed by atoms with Crippen molar-refractivity contribution >= 4 is 46.6 Å². The summed E-state index contributed by atoms with van der Waals surface area (Å²) in [5.74, 6) is 1.13. The first-order chi connectivity index (χ1) is 11.6. The number of ether oxygens (including phenoxy) is 2. The Balaban J connectivity index is 1.64. The fourth-order valence-corrected chi connectivity index (χ4v) is 2.95. The highest BCUT2D eigenvalue weighted by molar-refractivity contribution is 7.80. The van der Waals surface area contributed by atoms with E-state index < -0.39 is 0 Å². The van der Waals surface area contributed by atoms with Crippen molar-refractivity contribution in [1.82, 2.24) is 5.32 Å². The second kappa shape index (κ2) is 5.81. The molecule has 2 aliphatic rings. The molecule has 7 heteroatoms. The number of halogens is 1. The first-order valence-corrected chi connectivity index (χ1v) is 7.93. The molecule has 0 aromatic heterocycles. The molecule has 5 nitrogen and oxygen atoms in total. The van der Waals surface area contributed by atoms with Crippen molar-refractivity contribution in [3.05, 3.63) is 58.7 Å². The van der Waals surface area contributed by atoms with Crippen LogP contribution in [0, 0.1) is 0 Å². The van der Waals surface area contributed by atoms with E-state index in [4.69, 9.17) is 33.3 Å². The summed E-state index contributed by atoms with van der Waals surface area (Å²) >= 11 is 11.2. The summed E-state index contributed by atoms with van der Waals surface area (Å²) in [5, 5.41) is 3.87. The molecule has 120 valence electrons. The lowest BCUT2D eigenvalue weighted by Crippen LogP contribution is -2.30. The van der Waals surface area contributed by atoms with Crippen LogP contribution in [-0.4, -0.2) is 17.8 Å². The summed E-state index contributed by atoms with van der Waals surface area (Å²) in [7, 11) is 0. The molecule has 2 aromatic rings. The Morgan fingerprint density at radius 3 is 2.67 bits per heavy atom. The van der Waals surface area contributed by atoms with Crippen molar-refractivity contribution < 1.29 is 14.3 Å². The molecule has 0 radical (unpaired) electrons. The van der Waals surface area contributed by atoms with E-state index in [1.54, 1.807) is 30.3 Å². The number of carbonyl (C=O) groups is 1. The van der Waals surface area contributed by atoms with E-state index in [0.717, 1.165) is 5.56 Å². The average Bonchev–Trinajstić information content (AvgIpc) is 3.13. The topological polar surface area (TPSA) is 50.8 Å². The van der Waals surface area contributed by atoms with Crippen molar-refractivity contribution in [2.45, 2.75) is 0 Å². The molecule has 0 bridgehead atoms. The van der Waals surface area contributed by atoms with Gasteiger partial charge in [-0.05, 0) is 60.3 Å². The minimum atomic E-state index is -0.222. The molecule has 2 heterocycles. The molecule has 0 saturated carbocycles. The lowest BCUT2D eigenvalue weighted by atomic mass is 10.1. The lowest BCUT2D eigenvalue weighted by molar-refractivity contribution is -0.113. The number of rotatable bonds is 2. The third-order valence-corrected chi connectivity index (χ3v) is 4.21. The minimum absolute atomic E-state index is 0.209. The number of benzene rings is 2. The molecule has 0 unspecified atom stereocenters. The van der Waals surface area contributed by atoms with Crippen LogP contribution in [0.3, 0.4) is 0 Å². The second-order valence-corrected chi connectivity index (χ2v) is 6.04. The first-order valence-electron chi connectivity index (χ1n) is 7.14. The van der Waals surface area contributed by atoms with Crippen LogP contribution in [0.5, 0.6) is 11.5 Å². The van der Waals surface area contributed by atoms with Crippen LogP contribution in [-0.2, 0) is 4.79 Å². The Morgan fingerprint density at radius 2 is 1.88 bits per heavy atom. The molecule has 0 aliphatic carbocycles. The molecule has 0 spiro atoms. The highest BCUT2D eigenvalue weighted by atomic mass is 35.5. The van der Waals surface area contributed by atoms with E-state index in [1.165, 1.54) is 4.90 Å². The number of hydrogen-bond donors (Lipinski definition) is 1. The van der Waals surface area contributed by atoms with Crippen molar-refractivity contribution in [3.8, 4) is 11.5 Å². The Hall–Kier alpha value is -2.57. The normalized spacial score (nSPS) is 17.5. The molecule has 1 saturated heterocycles. The van der Waals surface area contributed by atoms with Gasteiger partial charge in [0.25, 0.3) is 5.91 Å². The third kappa shape index (κ3) is 2.60. The zero-order valence-electron chi connectivity index (χ0n) is 12.3. The monoisotopic (exact) mass is 358 g/mol. The molecule has 1 N–H and O–H groups in total. The van der Waals surface area contributed by atoms with Crippen molar-refractivity contribution in [3.63, 3.8) is 0 Å². The number of fused-ring (bicyclic) bond motifs is 1. The number of thiocarbonyl (C=S) groups is 1. The smallest absolute Gasteiger partial charge is 0.281 e. The summed E-state index contributed by atoms with van der Waals surface area (Å²) < 4.78 is 10.6. The van der Waals surface area contributed by atoms with Gasteiger partial charge in [0.1, 0.15) is 5.70 Å². The summed E-state index contributed by atoms with van der Waals surface area (Å²) in [5.41, 5.74) is 1.88. The van der Waals surface area contributed by atoms with Gasteiger partial charge in [0.15, 0.2) is 16.6 Å². The van der Waals surface area contributed by atoms with E-state index in [1.807, 2.05) is 18.2 Å². The van der Waals surface area contributed by atoms with E-state index >= 15 is 0 Å². The zero-order chi connectivity index (χ0) is 16.7. The van der Waals surface area contributed by atoms with Gasteiger partial charge in [0.2, 0.25) is 6.79 Å². The molecule has 2 aliphatic heterocycles. The zero-order valence-corrected chi connectivity index (χ0v) is 13.9. The SMILES string of the molecule is O=C1C(=Cc2ccc3c(c2)OCO3)NC(=S)N1c1ccc(Cl)cc1. The van der Waals surface area contributed by atoms with E-state index in [2.05, 4.69) is 5.32 Å². The maximum absolute atomic E-state index is 12.7. The van der Waals surface area contributed by atoms with Gasteiger partial charge in [-0.3, -0.25) is 9.69 Å². The molecule has 4 rings (SSSR count). The minimum Gasteiger partial charge on any atom is -0.454 e. The van der Waals surface area contributed by atoms with Gasteiger partial charge in [-0.2, -0.15) is 0 Å². The highest BCUT2D eigenvalue weighted by Crippen LogP contribution is 2.33. The molecule has 0 atom stereocenters. The van der Waals surface area contributed by atoms with Crippen LogP contribution in [0.1, 0.15) is 5.56 Å². The van der Waals surface area contributed by atoms with Crippen LogP contribution >= 0.6 is 23.8 Å². The molecule has 2 aromatic carbocycles. The number of nitrogens with zero attached hydrogens (tertiary/aromatic N) is 1. The van der Waals surface area contributed by atoms with Gasteiger partial charge in [0, 0.05) is 5.02 Å². The molecular formula is C17H11ClN2O3S.